The molecule has 1 saturated carbocycles. The van der Waals surface area contributed by atoms with Crippen LogP contribution in [0, 0.1) is 17.8 Å². The van der Waals surface area contributed by atoms with Gasteiger partial charge in [-0.1, -0.05) is 40.5 Å². The van der Waals surface area contributed by atoms with Gasteiger partial charge in [0.2, 0.25) is 11.8 Å². The van der Waals surface area contributed by atoms with E-state index in [9.17, 15) is 14.4 Å². The maximum Gasteiger partial charge on any atom is 0.328 e. The van der Waals surface area contributed by atoms with Crippen LogP contribution in [0.5, 0.6) is 0 Å². The Balaban J connectivity index is 0.00000529. The molecule has 2 N–H and O–H groups in total. The lowest BCUT2D eigenvalue weighted by atomic mass is 9.99. The molecule has 0 bridgehead atoms. The summed E-state index contributed by atoms with van der Waals surface area (Å²) >= 11 is 0. The summed E-state index contributed by atoms with van der Waals surface area (Å²) in [5.74, 6) is -1.02. The second-order valence-electron chi connectivity index (χ2n) is 6.97. The summed E-state index contributed by atoms with van der Waals surface area (Å²) in [5, 5.41) is 5.57. The van der Waals surface area contributed by atoms with Crippen LogP contribution in [-0.2, 0) is 19.1 Å². The number of carbonyl (C=O) groups excluding carboxylic acids is 3. The smallest absolute Gasteiger partial charge is 0.328 e. The van der Waals surface area contributed by atoms with Gasteiger partial charge in [-0.05, 0) is 24.7 Å². The number of hydrogen-bond acceptors (Lipinski definition) is 4. The molecule has 0 unspecified atom stereocenters. The largest absolute Gasteiger partial charge is 0.467 e. The Morgan fingerprint density at radius 2 is 1.42 bits per heavy atom. The Morgan fingerprint density at radius 1 is 0.917 bits per heavy atom. The van der Waals surface area contributed by atoms with Gasteiger partial charge in [-0.25, -0.2) is 4.79 Å². The molecule has 0 aromatic heterocycles. The van der Waals surface area contributed by atoms with Gasteiger partial charge in [0.25, 0.3) is 0 Å². The lowest BCUT2D eigenvalue weighted by Crippen LogP contribution is -2.55. The fourth-order valence-electron chi connectivity index (χ4n) is 2.86. The predicted molar refractivity (Wildman–Crippen MR) is 94.8 cm³/mol. The van der Waals surface area contributed by atoms with Gasteiger partial charge in [0.05, 0.1) is 7.11 Å². The Labute approximate surface area is 150 Å². The molecular formula is C17H31ClN2O4. The highest BCUT2D eigenvalue weighted by atomic mass is 35.5. The summed E-state index contributed by atoms with van der Waals surface area (Å²) in [6, 6.07) is -1.36. The standard InChI is InChI=1S/C17H30N2O4.ClH/c1-10(2)13(18-15(20)12-8-6-7-9-12)16(21)19-14(11(3)4)17(22)23-5;/h10-14H,6-9H2,1-5H3,(H,18,20)(H,19,21);1H/t13-,14-;/m0./s1. The van der Waals surface area contributed by atoms with E-state index in [0.29, 0.717) is 0 Å². The van der Waals surface area contributed by atoms with E-state index < -0.39 is 18.1 Å². The van der Waals surface area contributed by atoms with Gasteiger partial charge >= 0.3 is 5.97 Å². The molecule has 0 aliphatic heterocycles. The molecule has 1 aliphatic rings. The van der Waals surface area contributed by atoms with E-state index in [0.717, 1.165) is 25.7 Å². The van der Waals surface area contributed by atoms with Crippen LogP contribution >= 0.6 is 12.4 Å². The SMILES string of the molecule is COC(=O)[C@@H](NC(=O)[C@@H](NC(=O)C1CCCC1)C(C)C)C(C)C.Cl. The van der Waals surface area contributed by atoms with Crippen molar-refractivity contribution in [1.29, 1.82) is 0 Å². The first-order valence-corrected chi connectivity index (χ1v) is 8.46. The summed E-state index contributed by atoms with van der Waals surface area (Å²) in [6.45, 7) is 7.43. The van der Waals surface area contributed by atoms with E-state index in [-0.39, 0.29) is 42.0 Å². The summed E-state index contributed by atoms with van der Waals surface area (Å²) in [7, 11) is 1.30. The van der Waals surface area contributed by atoms with Gasteiger partial charge in [0.15, 0.2) is 0 Å². The van der Waals surface area contributed by atoms with Crippen LogP contribution in [0.3, 0.4) is 0 Å². The van der Waals surface area contributed by atoms with Crippen molar-refractivity contribution in [1.82, 2.24) is 10.6 Å². The number of rotatable bonds is 7. The fourth-order valence-corrected chi connectivity index (χ4v) is 2.86. The van der Waals surface area contributed by atoms with Crippen molar-refractivity contribution in [3.05, 3.63) is 0 Å². The minimum absolute atomic E-state index is 0. The monoisotopic (exact) mass is 362 g/mol. The number of nitrogens with one attached hydrogen (secondary N) is 2. The van der Waals surface area contributed by atoms with E-state index >= 15 is 0 Å². The Hall–Kier alpha value is -1.30. The number of ether oxygens (including phenoxy) is 1. The molecule has 0 heterocycles. The van der Waals surface area contributed by atoms with E-state index in [1.165, 1.54) is 7.11 Å². The third kappa shape index (κ3) is 6.30. The quantitative estimate of drug-likeness (QED) is 0.679. The predicted octanol–water partition coefficient (Wildman–Crippen LogP) is 2.05. The molecule has 2 amide bonds. The van der Waals surface area contributed by atoms with Crippen molar-refractivity contribution in [3.63, 3.8) is 0 Å². The topological polar surface area (TPSA) is 84.5 Å². The molecule has 6 nitrogen and oxygen atoms in total. The Kier molecular flexibility index (Phi) is 9.97. The minimum Gasteiger partial charge on any atom is -0.467 e. The molecule has 0 aromatic carbocycles. The van der Waals surface area contributed by atoms with Crippen LogP contribution in [0.15, 0.2) is 0 Å². The van der Waals surface area contributed by atoms with Crippen molar-refractivity contribution in [2.75, 3.05) is 7.11 Å². The summed E-state index contributed by atoms with van der Waals surface area (Å²) in [4.78, 5) is 36.6. The van der Waals surface area contributed by atoms with E-state index in [2.05, 4.69) is 10.6 Å². The van der Waals surface area contributed by atoms with Crippen LogP contribution in [-0.4, -0.2) is 37.0 Å². The maximum atomic E-state index is 12.5. The third-order valence-electron chi connectivity index (χ3n) is 4.39. The molecule has 0 radical (unpaired) electrons. The van der Waals surface area contributed by atoms with Gasteiger partial charge in [-0.15, -0.1) is 12.4 Å². The molecule has 1 aliphatic carbocycles. The van der Waals surface area contributed by atoms with Crippen LogP contribution < -0.4 is 10.6 Å². The zero-order chi connectivity index (χ0) is 17.6. The summed E-state index contributed by atoms with van der Waals surface area (Å²) < 4.78 is 4.74. The zero-order valence-corrected chi connectivity index (χ0v) is 16.1. The minimum atomic E-state index is -0.711. The molecule has 140 valence electrons. The molecule has 1 fully saturated rings. The van der Waals surface area contributed by atoms with Crippen molar-refractivity contribution in [2.24, 2.45) is 17.8 Å². The van der Waals surface area contributed by atoms with Gasteiger partial charge in [0.1, 0.15) is 12.1 Å². The molecule has 0 aromatic rings. The maximum absolute atomic E-state index is 12.5. The molecule has 7 heteroatoms. The van der Waals surface area contributed by atoms with Gasteiger partial charge in [-0.2, -0.15) is 0 Å². The summed E-state index contributed by atoms with van der Waals surface area (Å²) in [5.41, 5.74) is 0. The highest BCUT2D eigenvalue weighted by molar-refractivity contribution is 5.91. The first-order chi connectivity index (χ1) is 10.8. The highest BCUT2D eigenvalue weighted by Gasteiger charge is 2.32. The van der Waals surface area contributed by atoms with Crippen LogP contribution in [0.25, 0.3) is 0 Å². The lowest BCUT2D eigenvalue weighted by Gasteiger charge is -2.27. The Bertz CT molecular complexity index is 434. The van der Waals surface area contributed by atoms with Crippen LogP contribution in [0.1, 0.15) is 53.4 Å². The molecule has 1 rings (SSSR count). The molecular weight excluding hydrogens is 332 g/mol. The van der Waals surface area contributed by atoms with Gasteiger partial charge < -0.3 is 15.4 Å². The first kappa shape index (κ1) is 22.7. The number of carbonyl (C=O) groups is 3. The second-order valence-corrected chi connectivity index (χ2v) is 6.97. The Morgan fingerprint density at radius 3 is 1.83 bits per heavy atom. The van der Waals surface area contributed by atoms with E-state index in [1.807, 2.05) is 27.7 Å². The van der Waals surface area contributed by atoms with Crippen LogP contribution in [0.4, 0.5) is 0 Å². The first-order valence-electron chi connectivity index (χ1n) is 8.46. The molecule has 24 heavy (non-hydrogen) atoms. The average Bonchev–Trinajstić information content (AvgIpc) is 3.02. The third-order valence-corrected chi connectivity index (χ3v) is 4.39. The number of methoxy groups -OCH3 is 1. The van der Waals surface area contributed by atoms with Gasteiger partial charge in [-0.3, -0.25) is 9.59 Å². The van der Waals surface area contributed by atoms with Gasteiger partial charge in [0, 0.05) is 5.92 Å². The number of esters is 1. The second kappa shape index (κ2) is 10.5. The van der Waals surface area contributed by atoms with Crippen molar-refractivity contribution in [3.8, 4) is 0 Å². The molecule has 0 saturated heterocycles. The zero-order valence-electron chi connectivity index (χ0n) is 15.3. The van der Waals surface area contributed by atoms with E-state index in [1.54, 1.807) is 0 Å². The lowest BCUT2D eigenvalue weighted by molar-refractivity contribution is -0.146. The van der Waals surface area contributed by atoms with Crippen LogP contribution in [0.2, 0.25) is 0 Å². The average molecular weight is 363 g/mol. The van der Waals surface area contributed by atoms with E-state index in [4.69, 9.17) is 4.74 Å². The molecule has 2 atom stereocenters. The number of halogens is 1. The highest BCUT2D eigenvalue weighted by Crippen LogP contribution is 2.25. The fraction of sp³-hybridized carbons (Fsp3) is 0.824. The van der Waals surface area contributed by atoms with Crippen molar-refractivity contribution < 1.29 is 19.1 Å². The number of amides is 2. The van der Waals surface area contributed by atoms with Crippen molar-refractivity contribution in [2.45, 2.75) is 65.5 Å². The number of hydrogen-bond donors (Lipinski definition) is 2. The van der Waals surface area contributed by atoms with Crippen molar-refractivity contribution >= 4 is 30.2 Å². The normalized spacial score (nSPS) is 17.1. The summed E-state index contributed by atoms with van der Waals surface area (Å²) in [6.07, 6.45) is 3.90. The molecule has 0 spiro atoms.